The molecule has 0 aliphatic carbocycles. The molecule has 146 valence electrons. The minimum absolute atomic E-state index is 0.0312. The molecular formula is C24H20O5. The number of carbonyl (C=O) groups is 3. The number of esters is 2. The molecule has 0 atom stereocenters. The molecular weight excluding hydrogens is 368 g/mol. The van der Waals surface area contributed by atoms with E-state index in [1.54, 1.807) is 30.3 Å². The molecule has 0 saturated carbocycles. The van der Waals surface area contributed by atoms with Crippen LogP contribution in [0.1, 0.15) is 38.0 Å². The van der Waals surface area contributed by atoms with Gasteiger partial charge < -0.3 is 9.47 Å². The molecule has 0 unspecified atom stereocenters. The molecule has 0 N–H and O–H groups in total. The normalized spacial score (nSPS) is 10.3. The van der Waals surface area contributed by atoms with Gasteiger partial charge in [-0.25, -0.2) is 9.59 Å². The van der Waals surface area contributed by atoms with Gasteiger partial charge in [0.15, 0.2) is 5.78 Å². The van der Waals surface area contributed by atoms with E-state index in [4.69, 9.17) is 9.47 Å². The van der Waals surface area contributed by atoms with Crippen molar-refractivity contribution in [3.05, 3.63) is 83.4 Å². The van der Waals surface area contributed by atoms with Crippen molar-refractivity contribution in [3.63, 3.8) is 0 Å². The third-order valence-electron chi connectivity index (χ3n) is 4.67. The van der Waals surface area contributed by atoms with Gasteiger partial charge in [-0.3, -0.25) is 4.79 Å². The van der Waals surface area contributed by atoms with Crippen LogP contribution in [0.5, 0.6) is 0 Å². The Morgan fingerprint density at radius 1 is 0.586 bits per heavy atom. The smallest absolute Gasteiger partial charge is 0.338 e. The highest BCUT2D eigenvalue weighted by molar-refractivity contribution is 6.04. The summed E-state index contributed by atoms with van der Waals surface area (Å²) in [5.41, 5.74) is 4.64. The number of hydrogen-bond donors (Lipinski definition) is 0. The predicted molar refractivity (Wildman–Crippen MR) is 110 cm³/mol. The van der Waals surface area contributed by atoms with Crippen LogP contribution in [0, 0.1) is 0 Å². The monoisotopic (exact) mass is 388 g/mol. The molecule has 0 radical (unpaired) electrons. The minimum atomic E-state index is -0.602. The van der Waals surface area contributed by atoms with Gasteiger partial charge in [-0.05, 0) is 41.3 Å². The largest absolute Gasteiger partial charge is 0.465 e. The Balaban J connectivity index is 1.94. The van der Waals surface area contributed by atoms with Crippen molar-refractivity contribution in [1.29, 1.82) is 0 Å². The maximum absolute atomic E-state index is 12.1. The van der Waals surface area contributed by atoms with Gasteiger partial charge in [0.2, 0.25) is 0 Å². The molecule has 29 heavy (non-hydrogen) atoms. The van der Waals surface area contributed by atoms with Gasteiger partial charge in [0.1, 0.15) is 0 Å². The summed E-state index contributed by atoms with van der Waals surface area (Å²) in [5, 5.41) is 0. The fourth-order valence-corrected chi connectivity index (χ4v) is 3.04. The van der Waals surface area contributed by atoms with Gasteiger partial charge in [0, 0.05) is 5.56 Å². The average Bonchev–Trinajstić information content (AvgIpc) is 2.77. The second-order valence-electron chi connectivity index (χ2n) is 6.45. The van der Waals surface area contributed by atoms with E-state index in [2.05, 4.69) is 0 Å². The number of ketones is 1. The van der Waals surface area contributed by atoms with Crippen molar-refractivity contribution in [2.45, 2.75) is 6.92 Å². The summed E-state index contributed by atoms with van der Waals surface area (Å²) in [7, 11) is 2.53. The molecule has 3 rings (SSSR count). The van der Waals surface area contributed by atoms with Gasteiger partial charge in [-0.2, -0.15) is 0 Å². The molecule has 0 fully saturated rings. The van der Waals surface area contributed by atoms with E-state index in [9.17, 15) is 14.4 Å². The Labute approximate surface area is 168 Å². The molecule has 0 aliphatic rings. The molecule has 0 heterocycles. The Morgan fingerprint density at radius 2 is 1.00 bits per heavy atom. The maximum atomic E-state index is 12.1. The van der Waals surface area contributed by atoms with E-state index in [1.807, 2.05) is 36.4 Å². The SMILES string of the molecule is COC(=O)c1ccc(-c2ccc(-c3ccc(C(C)=O)cc3)cc2)cc1C(=O)OC. The lowest BCUT2D eigenvalue weighted by molar-refractivity contribution is 0.0555. The molecule has 0 bridgehead atoms. The van der Waals surface area contributed by atoms with E-state index < -0.39 is 11.9 Å². The van der Waals surface area contributed by atoms with Crippen LogP contribution in [0.4, 0.5) is 0 Å². The van der Waals surface area contributed by atoms with Gasteiger partial charge in [0.25, 0.3) is 0 Å². The van der Waals surface area contributed by atoms with Crippen molar-refractivity contribution in [1.82, 2.24) is 0 Å². The maximum Gasteiger partial charge on any atom is 0.338 e. The third-order valence-corrected chi connectivity index (χ3v) is 4.67. The minimum Gasteiger partial charge on any atom is -0.465 e. The number of carbonyl (C=O) groups excluding carboxylic acids is 3. The molecule has 0 saturated heterocycles. The van der Waals surface area contributed by atoms with Crippen molar-refractivity contribution < 1.29 is 23.9 Å². The van der Waals surface area contributed by atoms with Gasteiger partial charge in [-0.1, -0.05) is 54.6 Å². The van der Waals surface area contributed by atoms with Crippen LogP contribution in [-0.4, -0.2) is 31.9 Å². The predicted octanol–water partition coefficient (Wildman–Crippen LogP) is 4.80. The Morgan fingerprint density at radius 3 is 1.48 bits per heavy atom. The van der Waals surface area contributed by atoms with E-state index in [1.165, 1.54) is 21.1 Å². The second-order valence-corrected chi connectivity index (χ2v) is 6.45. The Bertz CT molecular complexity index is 1060. The molecule has 5 nitrogen and oxygen atoms in total. The van der Waals surface area contributed by atoms with Gasteiger partial charge in [0.05, 0.1) is 25.3 Å². The summed E-state index contributed by atoms with van der Waals surface area (Å²) >= 11 is 0. The van der Waals surface area contributed by atoms with E-state index in [-0.39, 0.29) is 16.9 Å². The van der Waals surface area contributed by atoms with Crippen LogP contribution >= 0.6 is 0 Å². The molecule has 3 aromatic rings. The highest BCUT2D eigenvalue weighted by atomic mass is 16.5. The quantitative estimate of drug-likeness (QED) is 0.464. The van der Waals surface area contributed by atoms with Crippen molar-refractivity contribution >= 4 is 17.7 Å². The number of ether oxygens (including phenoxy) is 2. The first kappa shape index (κ1) is 20.0. The number of benzene rings is 3. The van der Waals surface area contributed by atoms with Crippen LogP contribution < -0.4 is 0 Å². The van der Waals surface area contributed by atoms with Crippen LogP contribution in [0.3, 0.4) is 0 Å². The number of Topliss-reactive ketones (excluding diaryl/α,β-unsaturated/α-hetero) is 1. The van der Waals surface area contributed by atoms with E-state index in [0.717, 1.165) is 22.3 Å². The molecule has 0 aliphatic heterocycles. The summed E-state index contributed by atoms with van der Waals surface area (Å²) in [6.07, 6.45) is 0. The number of hydrogen-bond acceptors (Lipinski definition) is 5. The first-order chi connectivity index (χ1) is 13.9. The summed E-state index contributed by atoms with van der Waals surface area (Å²) in [6, 6.07) is 20.2. The van der Waals surface area contributed by atoms with Crippen LogP contribution in [0.25, 0.3) is 22.3 Å². The first-order valence-corrected chi connectivity index (χ1v) is 8.97. The van der Waals surface area contributed by atoms with Crippen LogP contribution in [-0.2, 0) is 9.47 Å². The van der Waals surface area contributed by atoms with Crippen molar-refractivity contribution in [2.75, 3.05) is 14.2 Å². The lowest BCUT2D eigenvalue weighted by Gasteiger charge is -2.10. The third kappa shape index (κ3) is 4.24. The molecule has 3 aromatic carbocycles. The molecule has 0 amide bonds. The van der Waals surface area contributed by atoms with Crippen LogP contribution in [0.2, 0.25) is 0 Å². The van der Waals surface area contributed by atoms with E-state index >= 15 is 0 Å². The van der Waals surface area contributed by atoms with Gasteiger partial charge in [-0.15, -0.1) is 0 Å². The van der Waals surface area contributed by atoms with E-state index in [0.29, 0.717) is 5.56 Å². The van der Waals surface area contributed by atoms with Crippen molar-refractivity contribution in [3.8, 4) is 22.3 Å². The number of methoxy groups -OCH3 is 2. The number of rotatable bonds is 5. The first-order valence-electron chi connectivity index (χ1n) is 8.97. The lowest BCUT2D eigenvalue weighted by Crippen LogP contribution is -2.11. The Hall–Kier alpha value is -3.73. The topological polar surface area (TPSA) is 69.7 Å². The zero-order valence-corrected chi connectivity index (χ0v) is 16.4. The fourth-order valence-electron chi connectivity index (χ4n) is 3.04. The summed E-state index contributed by atoms with van der Waals surface area (Å²) in [5.74, 6) is -1.17. The zero-order valence-electron chi connectivity index (χ0n) is 16.4. The zero-order chi connectivity index (χ0) is 21.0. The highest BCUT2D eigenvalue weighted by Crippen LogP contribution is 2.27. The second kappa shape index (κ2) is 8.52. The van der Waals surface area contributed by atoms with Crippen LogP contribution in [0.15, 0.2) is 66.7 Å². The molecule has 5 heteroatoms. The molecule has 0 spiro atoms. The summed E-state index contributed by atoms with van der Waals surface area (Å²) < 4.78 is 9.53. The standard InChI is InChI=1S/C24H20O5/c1-15(25)16-4-6-17(7-5-16)18-8-10-19(11-9-18)20-12-13-21(23(26)28-2)22(14-20)24(27)29-3/h4-14H,1-3H3. The highest BCUT2D eigenvalue weighted by Gasteiger charge is 2.19. The lowest BCUT2D eigenvalue weighted by atomic mass is 9.96. The van der Waals surface area contributed by atoms with Crippen molar-refractivity contribution in [2.24, 2.45) is 0 Å². The Kier molecular flexibility index (Phi) is 5.88. The fraction of sp³-hybridized carbons (Fsp3) is 0.125. The summed E-state index contributed by atoms with van der Waals surface area (Å²) in [6.45, 7) is 1.54. The summed E-state index contributed by atoms with van der Waals surface area (Å²) in [4.78, 5) is 35.4. The molecule has 0 aromatic heterocycles. The average molecular weight is 388 g/mol. The van der Waals surface area contributed by atoms with Gasteiger partial charge >= 0.3 is 11.9 Å².